The van der Waals surface area contributed by atoms with Gasteiger partial charge in [-0.05, 0) is 61.1 Å². The Bertz CT molecular complexity index is 841. The van der Waals surface area contributed by atoms with E-state index in [1.807, 2.05) is 27.7 Å². The van der Waals surface area contributed by atoms with Gasteiger partial charge < -0.3 is 4.74 Å². The predicted molar refractivity (Wildman–Crippen MR) is 84.6 cm³/mol. The topological polar surface area (TPSA) is 80.7 Å². The van der Waals surface area contributed by atoms with Crippen molar-refractivity contribution < 1.29 is 31.3 Å². The van der Waals surface area contributed by atoms with E-state index in [1.54, 1.807) is 6.08 Å². The summed E-state index contributed by atoms with van der Waals surface area (Å²) in [6.45, 7) is 5.88. The molecule has 1 unspecified atom stereocenters. The second-order valence-electron chi connectivity index (χ2n) is 5.88. The number of esters is 1. The monoisotopic (exact) mass is 360 g/mol. The molecular formula is C16H18F2O5S. The summed E-state index contributed by atoms with van der Waals surface area (Å²) in [5.74, 6) is -1.87. The van der Waals surface area contributed by atoms with Gasteiger partial charge in [0, 0.05) is 0 Å². The zero-order valence-electron chi connectivity index (χ0n) is 13.7. The summed E-state index contributed by atoms with van der Waals surface area (Å²) < 4.78 is 60.4. The number of ether oxygens (including phenoxy) is 1. The molecule has 8 heteroatoms. The second-order valence-corrected chi connectivity index (χ2v) is 7.43. The molecule has 0 heterocycles. The Morgan fingerprint density at radius 2 is 1.71 bits per heavy atom. The van der Waals surface area contributed by atoms with Gasteiger partial charge in [0.05, 0.1) is 0 Å². The molecule has 24 heavy (non-hydrogen) atoms. The number of rotatable bonds is 4. The zero-order chi connectivity index (χ0) is 18.4. The first kappa shape index (κ1) is 18.5. The molecule has 0 spiro atoms. The average molecular weight is 360 g/mol. The van der Waals surface area contributed by atoms with E-state index in [2.05, 4.69) is 4.74 Å². The lowest BCUT2D eigenvalue weighted by molar-refractivity contribution is -0.150. The molecule has 1 aromatic rings. The quantitative estimate of drug-likeness (QED) is 0.659. The average Bonchev–Trinajstić information content (AvgIpc) is 2.92. The molecule has 1 N–H and O–H groups in total. The third kappa shape index (κ3) is 2.95. The predicted octanol–water partition coefficient (Wildman–Crippen LogP) is 3.05. The first-order chi connectivity index (χ1) is 10.9. The number of fused-ring (bicyclic) bond motifs is 1. The lowest BCUT2D eigenvalue weighted by Crippen LogP contribution is -2.35. The van der Waals surface area contributed by atoms with Crippen molar-refractivity contribution in [2.24, 2.45) is 0 Å². The first-order valence-corrected chi connectivity index (χ1v) is 8.62. The summed E-state index contributed by atoms with van der Waals surface area (Å²) in [5.41, 5.74) is 5.46. The Morgan fingerprint density at radius 3 is 2.25 bits per heavy atom. The van der Waals surface area contributed by atoms with Gasteiger partial charge >= 0.3 is 21.3 Å². The van der Waals surface area contributed by atoms with Gasteiger partial charge in [0.25, 0.3) is 0 Å². The largest absolute Gasteiger partial charge is 0.457 e. The van der Waals surface area contributed by atoms with Crippen LogP contribution in [0.25, 0.3) is 6.08 Å². The van der Waals surface area contributed by atoms with E-state index >= 15 is 0 Å². The minimum atomic E-state index is -5.64. The van der Waals surface area contributed by atoms with E-state index < -0.39 is 33.9 Å². The normalized spacial score (nSPS) is 17.0. The number of alkyl halides is 2. The molecule has 2 rings (SSSR count). The van der Waals surface area contributed by atoms with Gasteiger partial charge in [-0.2, -0.15) is 17.2 Å². The Hall–Kier alpha value is -1.80. The minimum absolute atomic E-state index is 0.677. The molecule has 0 bridgehead atoms. The standard InChI is InChI=1S/C16H18F2O5S/c1-8-9(2)11(4)14-12(10(8)3)5-6-13(14)15(19)23-7-16(17,18)24(20,21)22/h5-6,13H,7H2,1-4H3,(H,20,21,22). The molecule has 0 aromatic heterocycles. The highest BCUT2D eigenvalue weighted by Crippen LogP contribution is 2.39. The number of hydrogen-bond acceptors (Lipinski definition) is 4. The highest BCUT2D eigenvalue weighted by molar-refractivity contribution is 7.86. The second kappa shape index (κ2) is 5.93. The van der Waals surface area contributed by atoms with E-state index in [0.29, 0.717) is 5.56 Å². The molecule has 1 aliphatic carbocycles. The molecule has 132 valence electrons. The van der Waals surface area contributed by atoms with Crippen LogP contribution in [-0.4, -0.2) is 30.8 Å². The maximum atomic E-state index is 13.2. The van der Waals surface area contributed by atoms with Crippen molar-refractivity contribution in [2.75, 3.05) is 6.61 Å². The van der Waals surface area contributed by atoms with Crippen LogP contribution in [0.15, 0.2) is 6.08 Å². The highest BCUT2D eigenvalue weighted by Gasteiger charge is 2.46. The fourth-order valence-corrected chi connectivity index (χ4v) is 3.00. The van der Waals surface area contributed by atoms with E-state index in [0.717, 1.165) is 27.8 Å². The molecule has 0 saturated heterocycles. The summed E-state index contributed by atoms with van der Waals surface area (Å²) in [5, 5.41) is -4.54. The zero-order valence-corrected chi connectivity index (χ0v) is 14.5. The van der Waals surface area contributed by atoms with Gasteiger partial charge in [-0.3, -0.25) is 9.35 Å². The molecule has 5 nitrogen and oxygen atoms in total. The van der Waals surface area contributed by atoms with E-state index in [1.165, 1.54) is 6.08 Å². The molecular weight excluding hydrogens is 342 g/mol. The van der Waals surface area contributed by atoms with Gasteiger partial charge in [-0.25, -0.2) is 0 Å². The van der Waals surface area contributed by atoms with Crippen LogP contribution in [0.3, 0.4) is 0 Å². The van der Waals surface area contributed by atoms with E-state index in [4.69, 9.17) is 4.55 Å². The summed E-state index contributed by atoms with van der Waals surface area (Å²) >= 11 is 0. The van der Waals surface area contributed by atoms with Crippen LogP contribution in [0.1, 0.15) is 39.3 Å². The molecule has 0 fully saturated rings. The SMILES string of the molecule is Cc1c(C)c(C)c2c(c1C)C=CC2C(=O)OCC(F)(F)S(=O)(=O)O. The van der Waals surface area contributed by atoms with Gasteiger partial charge in [0.2, 0.25) is 0 Å². The third-order valence-corrected chi connectivity index (χ3v) is 5.44. The van der Waals surface area contributed by atoms with Crippen molar-refractivity contribution in [3.8, 4) is 0 Å². The lowest BCUT2D eigenvalue weighted by atomic mass is 9.87. The number of carbonyl (C=O) groups is 1. The Labute approximate surface area is 139 Å². The maximum Gasteiger partial charge on any atom is 0.402 e. The van der Waals surface area contributed by atoms with Crippen molar-refractivity contribution >= 4 is 22.2 Å². The van der Waals surface area contributed by atoms with Crippen LogP contribution in [0, 0.1) is 27.7 Å². The Morgan fingerprint density at radius 1 is 1.17 bits per heavy atom. The first-order valence-electron chi connectivity index (χ1n) is 7.18. The molecule has 1 aromatic carbocycles. The van der Waals surface area contributed by atoms with Crippen LogP contribution in [-0.2, 0) is 19.6 Å². The maximum absolute atomic E-state index is 13.2. The summed E-state index contributed by atoms with van der Waals surface area (Å²) in [6, 6.07) is 0. The number of hydrogen-bond donors (Lipinski definition) is 1. The van der Waals surface area contributed by atoms with Crippen LogP contribution in [0.4, 0.5) is 8.78 Å². The van der Waals surface area contributed by atoms with Crippen LogP contribution in [0.2, 0.25) is 0 Å². The fraction of sp³-hybridized carbons (Fsp3) is 0.438. The van der Waals surface area contributed by atoms with Crippen LogP contribution in [0.5, 0.6) is 0 Å². The number of benzene rings is 1. The van der Waals surface area contributed by atoms with Gasteiger partial charge in [0.15, 0.2) is 6.61 Å². The van der Waals surface area contributed by atoms with Crippen LogP contribution < -0.4 is 0 Å². The smallest absolute Gasteiger partial charge is 0.402 e. The highest BCUT2D eigenvalue weighted by atomic mass is 32.2. The van der Waals surface area contributed by atoms with E-state index in [-0.39, 0.29) is 0 Å². The molecule has 1 atom stereocenters. The van der Waals surface area contributed by atoms with Gasteiger partial charge in [-0.1, -0.05) is 12.2 Å². The van der Waals surface area contributed by atoms with Crippen molar-refractivity contribution in [3.05, 3.63) is 39.5 Å². The van der Waals surface area contributed by atoms with Gasteiger partial charge in [-0.15, -0.1) is 0 Å². The summed E-state index contributed by atoms with van der Waals surface area (Å²) in [6.07, 6.45) is 3.27. The van der Waals surface area contributed by atoms with Crippen molar-refractivity contribution in [1.82, 2.24) is 0 Å². The van der Waals surface area contributed by atoms with Crippen molar-refractivity contribution in [2.45, 2.75) is 38.9 Å². The Balaban J connectivity index is 2.30. The van der Waals surface area contributed by atoms with Crippen molar-refractivity contribution in [1.29, 1.82) is 0 Å². The number of halogens is 2. The number of carbonyl (C=O) groups excluding carboxylic acids is 1. The third-order valence-electron chi connectivity index (χ3n) is 4.57. The fourth-order valence-electron chi connectivity index (χ4n) is 2.79. The molecule has 0 radical (unpaired) electrons. The molecule has 0 amide bonds. The summed E-state index contributed by atoms with van der Waals surface area (Å²) in [4.78, 5) is 12.2. The van der Waals surface area contributed by atoms with Crippen molar-refractivity contribution in [3.63, 3.8) is 0 Å². The molecule has 0 saturated carbocycles. The van der Waals surface area contributed by atoms with E-state index in [9.17, 15) is 22.0 Å². The molecule has 0 aliphatic heterocycles. The minimum Gasteiger partial charge on any atom is -0.457 e. The molecule has 1 aliphatic rings. The van der Waals surface area contributed by atoms with Crippen LogP contribution >= 0.6 is 0 Å². The Kier molecular flexibility index (Phi) is 4.58. The summed E-state index contributed by atoms with van der Waals surface area (Å²) in [7, 11) is -5.64. The lowest BCUT2D eigenvalue weighted by Gasteiger charge is -2.20. The van der Waals surface area contributed by atoms with Gasteiger partial charge in [0.1, 0.15) is 5.92 Å².